The molecule has 72 valence electrons. The molecular formula is C10H9NO3. The quantitative estimate of drug-likeness (QED) is 0.761. The summed E-state index contributed by atoms with van der Waals surface area (Å²) in [5, 5.41) is 9.64. The molecule has 2 aromatic rings. The van der Waals surface area contributed by atoms with Gasteiger partial charge in [0.25, 0.3) is 0 Å². The summed E-state index contributed by atoms with van der Waals surface area (Å²) in [5.41, 5.74) is 1.02. The number of carboxylic acid groups (broad SMARTS) is 1. The highest BCUT2D eigenvalue weighted by molar-refractivity contribution is 6.03. The number of methoxy groups -OCH3 is 1. The van der Waals surface area contributed by atoms with Crippen LogP contribution in [-0.2, 0) is 0 Å². The van der Waals surface area contributed by atoms with E-state index in [-0.39, 0.29) is 5.56 Å². The van der Waals surface area contributed by atoms with Crippen LogP contribution in [0, 0.1) is 0 Å². The number of aromatic amines is 1. The zero-order chi connectivity index (χ0) is 10.1. The first kappa shape index (κ1) is 8.62. The van der Waals surface area contributed by atoms with E-state index in [2.05, 4.69) is 4.98 Å². The SMILES string of the molecule is COc1cc(C(=O)O)c2cc[nH]c2c1. The second-order valence-corrected chi connectivity index (χ2v) is 2.92. The third kappa shape index (κ3) is 1.21. The van der Waals surface area contributed by atoms with E-state index in [1.54, 1.807) is 18.3 Å². The van der Waals surface area contributed by atoms with Crippen molar-refractivity contribution >= 4 is 16.9 Å². The first-order valence-electron chi connectivity index (χ1n) is 4.11. The van der Waals surface area contributed by atoms with E-state index in [9.17, 15) is 4.79 Å². The van der Waals surface area contributed by atoms with Crippen LogP contribution in [0.1, 0.15) is 10.4 Å². The van der Waals surface area contributed by atoms with E-state index in [1.165, 1.54) is 13.2 Å². The second kappa shape index (κ2) is 3.06. The van der Waals surface area contributed by atoms with Gasteiger partial charge in [-0.1, -0.05) is 0 Å². The molecule has 2 N–H and O–H groups in total. The van der Waals surface area contributed by atoms with E-state index in [4.69, 9.17) is 9.84 Å². The normalized spacial score (nSPS) is 10.4. The fourth-order valence-corrected chi connectivity index (χ4v) is 1.44. The lowest BCUT2D eigenvalue weighted by Gasteiger charge is -2.02. The topological polar surface area (TPSA) is 62.3 Å². The van der Waals surface area contributed by atoms with Gasteiger partial charge in [0.15, 0.2) is 0 Å². The predicted molar refractivity (Wildman–Crippen MR) is 51.8 cm³/mol. The molecule has 0 bridgehead atoms. The molecule has 14 heavy (non-hydrogen) atoms. The molecule has 0 unspecified atom stereocenters. The van der Waals surface area contributed by atoms with E-state index in [0.29, 0.717) is 11.1 Å². The molecule has 0 spiro atoms. The Morgan fingerprint density at radius 1 is 1.50 bits per heavy atom. The molecule has 1 heterocycles. The molecule has 1 aromatic heterocycles. The third-order valence-electron chi connectivity index (χ3n) is 2.11. The molecule has 4 nitrogen and oxygen atoms in total. The van der Waals surface area contributed by atoms with E-state index in [0.717, 1.165) is 5.52 Å². The van der Waals surface area contributed by atoms with Crippen LogP contribution in [0.4, 0.5) is 0 Å². The van der Waals surface area contributed by atoms with Crippen LogP contribution in [0.15, 0.2) is 24.4 Å². The van der Waals surface area contributed by atoms with Crippen LogP contribution in [0.3, 0.4) is 0 Å². The van der Waals surface area contributed by atoms with Crippen molar-refractivity contribution in [2.45, 2.75) is 0 Å². The predicted octanol–water partition coefficient (Wildman–Crippen LogP) is 1.87. The number of hydrogen-bond acceptors (Lipinski definition) is 2. The summed E-state index contributed by atoms with van der Waals surface area (Å²) in [4.78, 5) is 13.9. The van der Waals surface area contributed by atoms with Crippen molar-refractivity contribution in [2.75, 3.05) is 7.11 Å². The summed E-state index contributed by atoms with van der Waals surface area (Å²) >= 11 is 0. The van der Waals surface area contributed by atoms with Crippen molar-refractivity contribution in [2.24, 2.45) is 0 Å². The van der Waals surface area contributed by atoms with Crippen LogP contribution >= 0.6 is 0 Å². The Balaban J connectivity index is 2.76. The molecule has 0 radical (unpaired) electrons. The minimum absolute atomic E-state index is 0.251. The van der Waals surface area contributed by atoms with E-state index in [1.807, 2.05) is 0 Å². The number of H-pyrrole nitrogens is 1. The molecule has 0 saturated carbocycles. The van der Waals surface area contributed by atoms with Gasteiger partial charge in [0.1, 0.15) is 5.75 Å². The molecule has 0 aliphatic heterocycles. The summed E-state index contributed by atoms with van der Waals surface area (Å²) in [6, 6.07) is 5.01. The van der Waals surface area contributed by atoms with Crippen LogP contribution in [0.5, 0.6) is 5.75 Å². The summed E-state index contributed by atoms with van der Waals surface area (Å²) in [5.74, 6) is -0.411. The molecule has 0 saturated heterocycles. The van der Waals surface area contributed by atoms with Gasteiger partial charge < -0.3 is 14.8 Å². The van der Waals surface area contributed by atoms with Gasteiger partial charge in [-0.3, -0.25) is 0 Å². The van der Waals surface area contributed by atoms with Gasteiger partial charge in [-0.25, -0.2) is 4.79 Å². The first-order valence-corrected chi connectivity index (χ1v) is 4.11. The smallest absolute Gasteiger partial charge is 0.336 e. The standard InChI is InChI=1S/C10H9NO3/c1-14-6-4-8(10(12)13)7-2-3-11-9(7)5-6/h2-5,11H,1H3,(H,12,13). The van der Waals surface area contributed by atoms with E-state index < -0.39 is 5.97 Å². The number of fused-ring (bicyclic) bond motifs is 1. The van der Waals surface area contributed by atoms with Crippen molar-refractivity contribution in [1.82, 2.24) is 4.98 Å². The summed E-state index contributed by atoms with van der Waals surface area (Å²) in [7, 11) is 1.51. The molecule has 0 aliphatic carbocycles. The number of hydrogen-bond donors (Lipinski definition) is 2. The zero-order valence-electron chi connectivity index (χ0n) is 7.57. The van der Waals surface area contributed by atoms with E-state index >= 15 is 0 Å². The maximum atomic E-state index is 10.9. The fourth-order valence-electron chi connectivity index (χ4n) is 1.44. The summed E-state index contributed by atoms with van der Waals surface area (Å²) in [6.07, 6.45) is 1.70. The van der Waals surface area contributed by atoms with Gasteiger partial charge in [-0.15, -0.1) is 0 Å². The van der Waals surface area contributed by atoms with Gasteiger partial charge in [-0.2, -0.15) is 0 Å². The van der Waals surface area contributed by atoms with Crippen molar-refractivity contribution in [3.8, 4) is 5.75 Å². The van der Waals surface area contributed by atoms with Crippen molar-refractivity contribution in [3.63, 3.8) is 0 Å². The highest BCUT2D eigenvalue weighted by atomic mass is 16.5. The van der Waals surface area contributed by atoms with Crippen LogP contribution in [-0.4, -0.2) is 23.2 Å². The average molecular weight is 191 g/mol. The van der Waals surface area contributed by atoms with Gasteiger partial charge >= 0.3 is 5.97 Å². The highest BCUT2D eigenvalue weighted by Crippen LogP contribution is 2.24. The lowest BCUT2D eigenvalue weighted by molar-refractivity contribution is 0.0698. The Bertz CT molecular complexity index is 487. The van der Waals surface area contributed by atoms with Gasteiger partial charge in [0.2, 0.25) is 0 Å². The zero-order valence-corrected chi connectivity index (χ0v) is 7.57. The van der Waals surface area contributed by atoms with Gasteiger partial charge in [0.05, 0.1) is 12.7 Å². The molecule has 4 heteroatoms. The second-order valence-electron chi connectivity index (χ2n) is 2.92. The molecular weight excluding hydrogens is 182 g/mol. The largest absolute Gasteiger partial charge is 0.497 e. The fraction of sp³-hybridized carbons (Fsp3) is 0.100. The minimum atomic E-state index is -0.950. The first-order chi connectivity index (χ1) is 6.72. The molecule has 0 amide bonds. The number of ether oxygens (including phenoxy) is 1. The number of nitrogens with one attached hydrogen (secondary N) is 1. The highest BCUT2D eigenvalue weighted by Gasteiger charge is 2.11. The minimum Gasteiger partial charge on any atom is -0.497 e. The summed E-state index contributed by atoms with van der Waals surface area (Å²) < 4.78 is 5.00. The molecule has 1 aromatic carbocycles. The van der Waals surface area contributed by atoms with Crippen LogP contribution in [0.2, 0.25) is 0 Å². The number of aromatic carboxylic acids is 1. The lowest BCUT2D eigenvalue weighted by Crippen LogP contribution is -1.97. The maximum absolute atomic E-state index is 10.9. The number of carboxylic acids is 1. The number of aromatic nitrogens is 1. The Morgan fingerprint density at radius 3 is 2.93 bits per heavy atom. The Labute approximate surface area is 80.1 Å². The maximum Gasteiger partial charge on any atom is 0.336 e. The van der Waals surface area contributed by atoms with Crippen LogP contribution in [0.25, 0.3) is 10.9 Å². The van der Waals surface area contributed by atoms with Crippen molar-refractivity contribution < 1.29 is 14.6 Å². The number of benzene rings is 1. The molecule has 0 aliphatic rings. The third-order valence-corrected chi connectivity index (χ3v) is 2.11. The molecule has 0 atom stereocenters. The van der Waals surface area contributed by atoms with Gasteiger partial charge in [0, 0.05) is 23.2 Å². The average Bonchev–Trinajstić information content (AvgIpc) is 2.63. The lowest BCUT2D eigenvalue weighted by atomic mass is 10.1. The Morgan fingerprint density at radius 2 is 2.29 bits per heavy atom. The molecule has 0 fully saturated rings. The number of carbonyl (C=O) groups is 1. The van der Waals surface area contributed by atoms with Crippen molar-refractivity contribution in [1.29, 1.82) is 0 Å². The van der Waals surface area contributed by atoms with Gasteiger partial charge in [-0.05, 0) is 12.1 Å². The Hall–Kier alpha value is -1.97. The van der Waals surface area contributed by atoms with Crippen LogP contribution < -0.4 is 4.74 Å². The Kier molecular flexibility index (Phi) is 1.89. The number of rotatable bonds is 2. The molecule has 2 rings (SSSR count). The summed E-state index contributed by atoms with van der Waals surface area (Å²) in [6.45, 7) is 0. The monoisotopic (exact) mass is 191 g/mol. The van der Waals surface area contributed by atoms with Crippen molar-refractivity contribution in [3.05, 3.63) is 30.0 Å².